The van der Waals surface area contributed by atoms with Gasteiger partial charge in [0.2, 0.25) is 0 Å². The van der Waals surface area contributed by atoms with Crippen molar-refractivity contribution in [3.8, 4) is 0 Å². The first-order valence-electron chi connectivity index (χ1n) is 9.50. The summed E-state index contributed by atoms with van der Waals surface area (Å²) in [6.07, 6.45) is 7.21. The van der Waals surface area contributed by atoms with Crippen molar-refractivity contribution in [1.29, 1.82) is 0 Å². The average molecular weight is 380 g/mol. The molecule has 4 rings (SSSR count). The Balaban J connectivity index is 1.42. The van der Waals surface area contributed by atoms with Crippen LogP contribution in [0.5, 0.6) is 0 Å². The normalized spacial score (nSPS) is 16.1. The second-order valence-corrected chi connectivity index (χ2v) is 8.56. The molecule has 0 radical (unpaired) electrons. The number of aromatic nitrogens is 2. The molecule has 1 aliphatic rings. The van der Waals surface area contributed by atoms with Crippen LogP contribution in [0.4, 0.5) is 0 Å². The molecule has 0 aliphatic heterocycles. The van der Waals surface area contributed by atoms with Gasteiger partial charge in [-0.05, 0) is 36.3 Å². The number of carbonyl (C=O) groups excluding carboxylic acids is 1. The van der Waals surface area contributed by atoms with Gasteiger partial charge >= 0.3 is 0 Å². The molecule has 5 heteroatoms. The largest absolute Gasteiger partial charge is 0.337 e. The second kappa shape index (κ2) is 7.69. The van der Waals surface area contributed by atoms with E-state index in [1.165, 1.54) is 22.4 Å². The summed E-state index contributed by atoms with van der Waals surface area (Å²) in [7, 11) is 1.88. The number of carbonyl (C=O) groups is 1. The van der Waals surface area contributed by atoms with Crippen molar-refractivity contribution >= 4 is 17.2 Å². The van der Waals surface area contributed by atoms with Crippen LogP contribution in [0.15, 0.2) is 48.1 Å². The van der Waals surface area contributed by atoms with Gasteiger partial charge in [0.15, 0.2) is 0 Å². The predicted molar refractivity (Wildman–Crippen MR) is 109 cm³/mol. The van der Waals surface area contributed by atoms with Crippen LogP contribution < -0.4 is 0 Å². The predicted octanol–water partition coefficient (Wildman–Crippen LogP) is 4.39. The summed E-state index contributed by atoms with van der Waals surface area (Å²) >= 11 is 1.75. The number of thiophene rings is 1. The van der Waals surface area contributed by atoms with Crippen LogP contribution >= 0.6 is 11.3 Å². The maximum Gasteiger partial charge on any atom is 0.255 e. The van der Waals surface area contributed by atoms with E-state index in [0.29, 0.717) is 6.54 Å². The van der Waals surface area contributed by atoms with E-state index in [4.69, 9.17) is 0 Å². The molecule has 27 heavy (non-hydrogen) atoms. The van der Waals surface area contributed by atoms with Crippen molar-refractivity contribution in [1.82, 2.24) is 14.7 Å². The minimum Gasteiger partial charge on any atom is -0.337 e. The van der Waals surface area contributed by atoms with Crippen LogP contribution in [0.2, 0.25) is 0 Å². The van der Waals surface area contributed by atoms with E-state index in [0.717, 1.165) is 36.4 Å². The Morgan fingerprint density at radius 2 is 2.11 bits per heavy atom. The van der Waals surface area contributed by atoms with Gasteiger partial charge in [0.25, 0.3) is 5.91 Å². The highest BCUT2D eigenvalue weighted by Gasteiger charge is 2.25. The fraction of sp³-hybridized carbons (Fsp3) is 0.364. The highest BCUT2D eigenvalue weighted by Crippen LogP contribution is 2.33. The summed E-state index contributed by atoms with van der Waals surface area (Å²) < 4.78 is 1.93. The van der Waals surface area contributed by atoms with Crippen LogP contribution in [-0.4, -0.2) is 27.6 Å². The zero-order valence-electron chi connectivity index (χ0n) is 15.9. The molecule has 0 fully saturated rings. The molecule has 1 atom stereocenters. The Morgan fingerprint density at radius 3 is 2.93 bits per heavy atom. The molecule has 1 aliphatic carbocycles. The molecule has 0 spiro atoms. The maximum absolute atomic E-state index is 13.0. The van der Waals surface area contributed by atoms with E-state index in [2.05, 4.69) is 29.5 Å². The fourth-order valence-corrected chi connectivity index (χ4v) is 4.99. The van der Waals surface area contributed by atoms with Crippen LogP contribution in [0.25, 0.3) is 0 Å². The topological polar surface area (TPSA) is 38.1 Å². The number of benzene rings is 1. The molecule has 1 aromatic carbocycles. The monoisotopic (exact) mass is 379 g/mol. The van der Waals surface area contributed by atoms with Crippen molar-refractivity contribution in [2.24, 2.45) is 5.92 Å². The van der Waals surface area contributed by atoms with Crippen molar-refractivity contribution < 1.29 is 4.79 Å². The zero-order chi connectivity index (χ0) is 18.8. The summed E-state index contributed by atoms with van der Waals surface area (Å²) in [5, 5.41) is 6.50. The Hall–Kier alpha value is -2.40. The Kier molecular flexibility index (Phi) is 5.12. The molecule has 4 nitrogen and oxygen atoms in total. The number of rotatable bonds is 5. The zero-order valence-corrected chi connectivity index (χ0v) is 16.7. The van der Waals surface area contributed by atoms with Gasteiger partial charge in [0.05, 0.1) is 18.3 Å². The molecular weight excluding hydrogens is 354 g/mol. The van der Waals surface area contributed by atoms with Gasteiger partial charge in [-0.15, -0.1) is 11.3 Å². The lowest BCUT2D eigenvalue weighted by atomic mass is 9.88. The molecule has 2 heterocycles. The average Bonchev–Trinajstić information content (AvgIpc) is 3.28. The molecule has 0 N–H and O–H groups in total. The van der Waals surface area contributed by atoms with Crippen molar-refractivity contribution in [2.45, 2.75) is 39.3 Å². The van der Waals surface area contributed by atoms with E-state index in [9.17, 15) is 4.79 Å². The number of amides is 1. The summed E-state index contributed by atoms with van der Waals surface area (Å²) in [6, 6.07) is 10.3. The Morgan fingerprint density at radius 1 is 1.30 bits per heavy atom. The van der Waals surface area contributed by atoms with Crippen LogP contribution in [0, 0.1) is 5.92 Å². The molecule has 2 aromatic heterocycles. The molecule has 1 amide bonds. The smallest absolute Gasteiger partial charge is 0.255 e. The third-order valence-electron chi connectivity index (χ3n) is 5.27. The maximum atomic E-state index is 13.0. The number of hydrogen-bond donors (Lipinski definition) is 0. The number of fused-ring (bicyclic) bond motifs is 1. The van der Waals surface area contributed by atoms with Crippen molar-refractivity contribution in [2.75, 3.05) is 7.05 Å². The molecule has 0 saturated carbocycles. The van der Waals surface area contributed by atoms with Crippen LogP contribution in [-0.2, 0) is 25.9 Å². The lowest BCUT2D eigenvalue weighted by molar-refractivity contribution is 0.0784. The summed E-state index contributed by atoms with van der Waals surface area (Å²) in [4.78, 5) is 16.2. The third kappa shape index (κ3) is 3.98. The molecular formula is C22H25N3OS. The van der Waals surface area contributed by atoms with Gasteiger partial charge in [-0.25, -0.2) is 0 Å². The SMILES string of the molecule is C[C@H]1CCc2c(C(=O)N(C)Cc3cnn(Cc4ccccc4)c3)csc2C1. The first-order valence-corrected chi connectivity index (χ1v) is 10.4. The first-order chi connectivity index (χ1) is 13.1. The van der Waals surface area contributed by atoms with Crippen molar-refractivity contribution in [3.05, 3.63) is 75.2 Å². The van der Waals surface area contributed by atoms with E-state index in [1.54, 1.807) is 11.3 Å². The minimum atomic E-state index is 0.123. The van der Waals surface area contributed by atoms with Crippen LogP contribution in [0.1, 0.15) is 45.3 Å². The summed E-state index contributed by atoms with van der Waals surface area (Å²) in [5.74, 6) is 0.852. The summed E-state index contributed by atoms with van der Waals surface area (Å²) in [6.45, 7) is 3.62. The summed E-state index contributed by atoms with van der Waals surface area (Å²) in [5.41, 5.74) is 4.46. The minimum absolute atomic E-state index is 0.123. The number of nitrogens with zero attached hydrogens (tertiary/aromatic N) is 3. The van der Waals surface area contributed by atoms with Gasteiger partial charge in [0.1, 0.15) is 0 Å². The van der Waals surface area contributed by atoms with Gasteiger partial charge in [-0.2, -0.15) is 5.10 Å². The van der Waals surface area contributed by atoms with E-state index >= 15 is 0 Å². The Bertz CT molecular complexity index is 928. The lowest BCUT2D eigenvalue weighted by Crippen LogP contribution is -2.27. The molecule has 3 aromatic rings. The lowest BCUT2D eigenvalue weighted by Gasteiger charge is -2.21. The molecule has 0 bridgehead atoms. The highest BCUT2D eigenvalue weighted by atomic mass is 32.1. The standard InChI is InChI=1S/C22H25N3OS/c1-16-8-9-19-20(15-27-21(19)10-16)22(26)24(2)12-18-11-23-25(14-18)13-17-6-4-3-5-7-17/h3-7,11,14-16H,8-10,12-13H2,1-2H3/t16-/m0/s1. The Labute approximate surface area is 164 Å². The van der Waals surface area contributed by atoms with Crippen molar-refractivity contribution in [3.63, 3.8) is 0 Å². The van der Waals surface area contributed by atoms with E-state index in [1.807, 2.05) is 47.2 Å². The van der Waals surface area contributed by atoms with Gasteiger partial charge in [-0.1, -0.05) is 37.3 Å². The number of hydrogen-bond acceptors (Lipinski definition) is 3. The quantitative estimate of drug-likeness (QED) is 0.659. The van der Waals surface area contributed by atoms with Crippen LogP contribution in [0.3, 0.4) is 0 Å². The van der Waals surface area contributed by atoms with Gasteiger partial charge in [-0.3, -0.25) is 9.48 Å². The van der Waals surface area contributed by atoms with E-state index < -0.39 is 0 Å². The molecule has 0 saturated heterocycles. The highest BCUT2D eigenvalue weighted by molar-refractivity contribution is 7.10. The first kappa shape index (κ1) is 18.0. The van der Waals surface area contributed by atoms with Gasteiger partial charge < -0.3 is 4.90 Å². The van der Waals surface area contributed by atoms with Gasteiger partial charge in [0, 0.05) is 35.6 Å². The molecule has 140 valence electrons. The molecule has 0 unspecified atom stereocenters. The third-order valence-corrected chi connectivity index (χ3v) is 6.32. The van der Waals surface area contributed by atoms with E-state index in [-0.39, 0.29) is 5.91 Å². The fourth-order valence-electron chi connectivity index (χ4n) is 3.75. The second-order valence-electron chi connectivity index (χ2n) is 7.59.